The maximum Gasteiger partial charge on any atom is 0.0797 e. The van der Waals surface area contributed by atoms with E-state index in [1.807, 2.05) is 0 Å². The standard InChI is InChI=1S/C18H14S2/c1-3-7-13(8-4-1)17-12-11-15-16(19-15)18(17,20-17)14-9-5-2-6-10-14/h1-12,15-16H. The van der Waals surface area contributed by atoms with E-state index in [9.17, 15) is 0 Å². The van der Waals surface area contributed by atoms with Gasteiger partial charge in [-0.3, -0.25) is 0 Å². The summed E-state index contributed by atoms with van der Waals surface area (Å²) in [4.78, 5) is 0. The number of benzene rings is 2. The van der Waals surface area contributed by atoms with Crippen molar-refractivity contribution in [2.45, 2.75) is 20.0 Å². The lowest BCUT2D eigenvalue weighted by Crippen LogP contribution is -2.29. The first-order valence-electron chi connectivity index (χ1n) is 7.03. The van der Waals surface area contributed by atoms with E-state index >= 15 is 0 Å². The lowest BCUT2D eigenvalue weighted by molar-refractivity contribution is 0.602. The molecule has 2 fully saturated rings. The first kappa shape index (κ1) is 11.5. The van der Waals surface area contributed by atoms with Gasteiger partial charge in [-0.1, -0.05) is 72.8 Å². The van der Waals surface area contributed by atoms with Crippen LogP contribution in [0.15, 0.2) is 72.8 Å². The van der Waals surface area contributed by atoms with Gasteiger partial charge < -0.3 is 0 Å². The lowest BCUT2D eigenvalue weighted by Gasteiger charge is -2.24. The van der Waals surface area contributed by atoms with E-state index in [2.05, 4.69) is 96.3 Å². The number of thioether (sulfide) groups is 2. The van der Waals surface area contributed by atoms with Gasteiger partial charge in [-0.05, 0) is 11.1 Å². The molecule has 1 aliphatic carbocycles. The molecule has 0 nitrogen and oxygen atoms in total. The van der Waals surface area contributed by atoms with E-state index in [0.717, 1.165) is 10.5 Å². The third-order valence-corrected chi connectivity index (χ3v) is 8.15. The quantitative estimate of drug-likeness (QED) is 0.587. The molecule has 2 aliphatic heterocycles. The largest absolute Gasteiger partial charge is 0.146 e. The number of fused-ring (bicyclic) bond motifs is 3. The van der Waals surface area contributed by atoms with E-state index < -0.39 is 0 Å². The average Bonchev–Trinajstić information content (AvgIpc) is 3.40. The van der Waals surface area contributed by atoms with Gasteiger partial charge >= 0.3 is 0 Å². The molecule has 98 valence electrons. The zero-order valence-corrected chi connectivity index (χ0v) is 12.5. The Hall–Kier alpha value is -1.12. The highest BCUT2D eigenvalue weighted by molar-refractivity contribution is 8.13. The summed E-state index contributed by atoms with van der Waals surface area (Å²) in [5.41, 5.74) is 2.95. The Morgan fingerprint density at radius 3 is 2.15 bits per heavy atom. The van der Waals surface area contributed by atoms with Gasteiger partial charge in [0.05, 0.1) is 9.49 Å². The van der Waals surface area contributed by atoms with Crippen molar-refractivity contribution in [3.05, 3.63) is 83.9 Å². The van der Waals surface area contributed by atoms with Crippen molar-refractivity contribution in [2.75, 3.05) is 0 Å². The van der Waals surface area contributed by atoms with E-state index in [0.29, 0.717) is 0 Å². The topological polar surface area (TPSA) is 0 Å². The van der Waals surface area contributed by atoms with Crippen LogP contribution in [0.5, 0.6) is 0 Å². The highest BCUT2D eigenvalue weighted by Gasteiger charge is 2.78. The van der Waals surface area contributed by atoms with Crippen molar-refractivity contribution >= 4 is 23.5 Å². The fraction of sp³-hybridized carbons (Fsp3) is 0.222. The van der Waals surface area contributed by atoms with Crippen LogP contribution in [0.4, 0.5) is 0 Å². The van der Waals surface area contributed by atoms with Gasteiger partial charge in [0.15, 0.2) is 0 Å². The van der Waals surface area contributed by atoms with Crippen LogP contribution in [0.2, 0.25) is 0 Å². The van der Waals surface area contributed by atoms with Crippen LogP contribution >= 0.6 is 23.5 Å². The molecular weight excluding hydrogens is 280 g/mol. The van der Waals surface area contributed by atoms with Crippen molar-refractivity contribution in [1.82, 2.24) is 0 Å². The summed E-state index contributed by atoms with van der Waals surface area (Å²) >= 11 is 4.27. The Balaban J connectivity index is 1.71. The van der Waals surface area contributed by atoms with Gasteiger partial charge in [0.2, 0.25) is 0 Å². The molecule has 5 rings (SSSR count). The molecule has 0 N–H and O–H groups in total. The lowest BCUT2D eigenvalue weighted by atomic mass is 9.76. The molecule has 0 bridgehead atoms. The first-order valence-corrected chi connectivity index (χ1v) is 8.79. The van der Waals surface area contributed by atoms with E-state index in [4.69, 9.17) is 0 Å². The Morgan fingerprint density at radius 1 is 0.800 bits per heavy atom. The molecule has 2 heteroatoms. The molecule has 0 radical (unpaired) electrons. The van der Waals surface area contributed by atoms with Crippen LogP contribution in [0.25, 0.3) is 0 Å². The van der Waals surface area contributed by atoms with Crippen molar-refractivity contribution in [3.8, 4) is 0 Å². The monoisotopic (exact) mass is 294 g/mol. The summed E-state index contributed by atoms with van der Waals surface area (Å²) in [7, 11) is 0. The highest BCUT2D eigenvalue weighted by Crippen LogP contribution is 2.85. The molecule has 0 spiro atoms. The second kappa shape index (κ2) is 3.75. The first-order chi connectivity index (χ1) is 9.87. The minimum Gasteiger partial charge on any atom is -0.146 e. The minimum absolute atomic E-state index is 0.167. The zero-order valence-electron chi connectivity index (χ0n) is 10.9. The van der Waals surface area contributed by atoms with E-state index in [1.165, 1.54) is 11.1 Å². The molecule has 4 unspecified atom stereocenters. The minimum atomic E-state index is 0.167. The third-order valence-electron chi connectivity index (χ3n) is 4.68. The summed E-state index contributed by atoms with van der Waals surface area (Å²) in [5.74, 6) is 0. The Morgan fingerprint density at radius 2 is 1.45 bits per heavy atom. The summed E-state index contributed by atoms with van der Waals surface area (Å²) in [6.07, 6.45) is 4.91. The Labute approximate surface area is 127 Å². The second-order valence-corrected chi connectivity index (χ2v) is 8.50. The molecule has 0 amide bonds. The molecule has 2 aromatic carbocycles. The predicted octanol–water partition coefficient (Wildman–Crippen LogP) is 4.58. The molecular formula is C18H14S2. The van der Waals surface area contributed by atoms with Crippen molar-refractivity contribution in [2.24, 2.45) is 0 Å². The molecule has 3 aliphatic rings. The predicted molar refractivity (Wildman–Crippen MR) is 88.1 cm³/mol. The molecule has 4 atom stereocenters. The van der Waals surface area contributed by atoms with Crippen LogP contribution in [-0.2, 0) is 9.49 Å². The molecule has 2 heterocycles. The third kappa shape index (κ3) is 1.27. The zero-order chi connectivity index (χ0) is 13.2. The van der Waals surface area contributed by atoms with Gasteiger partial charge in [-0.2, -0.15) is 0 Å². The van der Waals surface area contributed by atoms with Gasteiger partial charge in [-0.25, -0.2) is 0 Å². The molecule has 0 saturated carbocycles. The van der Waals surface area contributed by atoms with Crippen LogP contribution in [0, 0.1) is 0 Å². The maximum absolute atomic E-state index is 2.47. The number of hydrogen-bond donors (Lipinski definition) is 0. The van der Waals surface area contributed by atoms with Crippen LogP contribution in [0.3, 0.4) is 0 Å². The summed E-state index contributed by atoms with van der Waals surface area (Å²) in [5, 5.41) is 1.49. The summed E-state index contributed by atoms with van der Waals surface area (Å²) in [6, 6.07) is 22.1. The summed E-state index contributed by atoms with van der Waals surface area (Å²) < 4.78 is 0.431. The van der Waals surface area contributed by atoms with Crippen molar-refractivity contribution in [1.29, 1.82) is 0 Å². The molecule has 2 saturated heterocycles. The Bertz CT molecular complexity index is 694. The highest BCUT2D eigenvalue weighted by atomic mass is 32.2. The van der Waals surface area contributed by atoms with Crippen LogP contribution in [-0.4, -0.2) is 10.5 Å². The second-order valence-electron chi connectivity index (χ2n) is 5.69. The van der Waals surface area contributed by atoms with Gasteiger partial charge in [0.25, 0.3) is 0 Å². The van der Waals surface area contributed by atoms with Gasteiger partial charge in [-0.15, -0.1) is 23.5 Å². The maximum atomic E-state index is 2.47. The number of rotatable bonds is 2. The van der Waals surface area contributed by atoms with Gasteiger partial charge in [0.1, 0.15) is 0 Å². The average molecular weight is 294 g/mol. The molecule has 20 heavy (non-hydrogen) atoms. The SMILES string of the molecule is C1=CC2(c3ccccc3)SC2(c2ccccc2)C2SC12. The summed E-state index contributed by atoms with van der Waals surface area (Å²) in [6.45, 7) is 0. The van der Waals surface area contributed by atoms with Crippen LogP contribution < -0.4 is 0 Å². The van der Waals surface area contributed by atoms with Crippen molar-refractivity contribution < 1.29 is 0 Å². The normalized spacial score (nSPS) is 39.8. The van der Waals surface area contributed by atoms with E-state index in [-0.39, 0.29) is 9.49 Å². The van der Waals surface area contributed by atoms with E-state index in [1.54, 1.807) is 0 Å². The number of hydrogen-bond acceptors (Lipinski definition) is 2. The molecule has 0 aromatic heterocycles. The van der Waals surface area contributed by atoms with Crippen molar-refractivity contribution in [3.63, 3.8) is 0 Å². The Kier molecular flexibility index (Phi) is 2.16. The fourth-order valence-electron chi connectivity index (χ4n) is 3.66. The van der Waals surface area contributed by atoms with Gasteiger partial charge in [0, 0.05) is 10.5 Å². The smallest absolute Gasteiger partial charge is 0.0797 e. The fourth-order valence-corrected chi connectivity index (χ4v) is 7.16. The molecule has 2 aromatic rings. The van der Waals surface area contributed by atoms with Crippen LogP contribution in [0.1, 0.15) is 11.1 Å².